The maximum absolute atomic E-state index is 11.6. The fourth-order valence-electron chi connectivity index (χ4n) is 4.30. The monoisotopic (exact) mass is 617 g/mol. The number of esters is 2. The number of aromatic hydroxyl groups is 1. The van der Waals surface area contributed by atoms with Crippen molar-refractivity contribution >= 4 is 60.3 Å². The number of fused-ring (bicyclic) bond motifs is 2. The van der Waals surface area contributed by atoms with Gasteiger partial charge in [0.25, 0.3) is 0 Å². The lowest BCUT2D eigenvalue weighted by Gasteiger charge is -2.14. The zero-order chi connectivity index (χ0) is 31.6. The molecule has 0 fully saturated rings. The van der Waals surface area contributed by atoms with Crippen LogP contribution in [-0.2, 0) is 28.4 Å². The minimum absolute atomic E-state index is 0.00564. The van der Waals surface area contributed by atoms with Gasteiger partial charge in [0.2, 0.25) is 0 Å². The Morgan fingerprint density at radius 3 is 1.83 bits per heavy atom. The lowest BCUT2D eigenvalue weighted by molar-refractivity contribution is -0.146. The maximum Gasteiger partial charge on any atom is 0.492 e. The second-order valence-corrected chi connectivity index (χ2v) is 9.79. The van der Waals surface area contributed by atoms with Gasteiger partial charge in [0.15, 0.2) is 0 Å². The third-order valence-electron chi connectivity index (χ3n) is 5.73. The highest BCUT2D eigenvalue weighted by atomic mass is 35.5. The van der Waals surface area contributed by atoms with E-state index < -0.39 is 39.6 Å². The Hall–Kier alpha value is -2.54. The van der Waals surface area contributed by atoms with E-state index in [9.17, 15) is 29.1 Å². The average Bonchev–Trinajstić information content (AvgIpc) is 3.35. The van der Waals surface area contributed by atoms with Crippen LogP contribution in [0, 0.1) is 0 Å². The van der Waals surface area contributed by atoms with Crippen LogP contribution in [0.3, 0.4) is 0 Å². The van der Waals surface area contributed by atoms with E-state index in [0.29, 0.717) is 39.4 Å². The fraction of sp³-hybridized carbons (Fsp3) is 0.462. The molecule has 224 valence electrons. The molecule has 0 amide bonds. The summed E-state index contributed by atoms with van der Waals surface area (Å²) >= 11 is 12.2. The molecule has 0 aromatic heterocycles. The number of carbonyl (C=O) groups excluding carboxylic acids is 2. The van der Waals surface area contributed by atoms with Crippen LogP contribution >= 0.6 is 23.2 Å². The van der Waals surface area contributed by atoms with Crippen LogP contribution in [0.5, 0.6) is 11.5 Å². The van der Waals surface area contributed by atoms with Crippen LogP contribution in [0.4, 0.5) is 4.39 Å². The predicted molar refractivity (Wildman–Crippen MR) is 153 cm³/mol. The lowest BCUT2D eigenvalue weighted by Crippen LogP contribution is -2.28. The van der Waals surface area contributed by atoms with Gasteiger partial charge in [-0.1, -0.05) is 23.2 Å². The SMILES string of the molecule is CCOC(=O)CC1OB(O)c2cc(O)cc(Cl)c21.CCOC(=O)CC1OB(O)c2cc(OC(C)C)cc(Cl)c21.[2H]CF. The molecule has 2 unspecified atom stereocenters. The van der Waals surface area contributed by atoms with Gasteiger partial charge in [-0.2, -0.15) is 0 Å². The molecule has 2 aromatic rings. The van der Waals surface area contributed by atoms with Gasteiger partial charge < -0.3 is 38.7 Å². The summed E-state index contributed by atoms with van der Waals surface area (Å²) in [5.41, 5.74) is 2.06. The van der Waals surface area contributed by atoms with Crippen molar-refractivity contribution in [1.29, 1.82) is 0 Å². The lowest BCUT2D eigenvalue weighted by atomic mass is 9.79. The van der Waals surface area contributed by atoms with Gasteiger partial charge in [-0.05, 0) is 74.0 Å². The van der Waals surface area contributed by atoms with Crippen molar-refractivity contribution in [3.63, 3.8) is 0 Å². The van der Waals surface area contributed by atoms with E-state index in [1.807, 2.05) is 13.8 Å². The molecule has 0 aliphatic carbocycles. The highest BCUT2D eigenvalue weighted by Gasteiger charge is 2.39. The topological polar surface area (TPSA) is 141 Å². The molecule has 0 spiro atoms. The summed E-state index contributed by atoms with van der Waals surface area (Å²) < 4.78 is 41.5. The third-order valence-corrected chi connectivity index (χ3v) is 6.36. The molecule has 0 radical (unpaired) electrons. The summed E-state index contributed by atoms with van der Waals surface area (Å²) in [6.45, 7) is 7.83. The highest BCUT2D eigenvalue weighted by molar-refractivity contribution is 6.63. The van der Waals surface area contributed by atoms with E-state index in [1.165, 1.54) is 12.1 Å². The second-order valence-electron chi connectivity index (χ2n) is 8.98. The number of benzene rings is 2. The van der Waals surface area contributed by atoms with Crippen molar-refractivity contribution in [2.45, 2.75) is 58.8 Å². The molecule has 0 bridgehead atoms. The third kappa shape index (κ3) is 9.22. The molecule has 2 aromatic carbocycles. The Kier molecular flexibility index (Phi) is 13.0. The van der Waals surface area contributed by atoms with E-state index >= 15 is 0 Å². The molecule has 41 heavy (non-hydrogen) atoms. The summed E-state index contributed by atoms with van der Waals surface area (Å²) in [6, 6.07) is 6.08. The van der Waals surface area contributed by atoms with Crippen LogP contribution in [-0.4, -0.2) is 67.8 Å². The molecule has 10 nitrogen and oxygen atoms in total. The van der Waals surface area contributed by atoms with E-state index in [0.717, 1.165) is 0 Å². The van der Waals surface area contributed by atoms with Gasteiger partial charge in [0.1, 0.15) is 11.5 Å². The Morgan fingerprint density at radius 1 is 0.951 bits per heavy atom. The standard InChI is InChI=1S/C14H18BClO5.C11H12BClO5.CH3F/c1-4-19-13(17)7-12-14-10(15(18)21-12)5-9(6-11(14)16)20-8(2)3;1-2-17-10(15)5-9-11-7(12(16)18-9)3-6(14)4-8(11)13;1-2/h5-6,8,12,18H,4,7H2,1-3H3;3-4,9,14,16H,2,5H2,1H3;1H3/i;;1D. The second kappa shape index (κ2) is 16.2. The van der Waals surface area contributed by atoms with Crippen molar-refractivity contribution in [3.05, 3.63) is 45.4 Å². The number of rotatable bonds is 8. The zero-order valence-electron chi connectivity index (χ0n) is 24.1. The van der Waals surface area contributed by atoms with Gasteiger partial charge in [0.05, 0.1) is 52.9 Å². The molecule has 2 aliphatic rings. The van der Waals surface area contributed by atoms with Gasteiger partial charge in [-0.3, -0.25) is 14.0 Å². The van der Waals surface area contributed by atoms with E-state index in [1.54, 1.807) is 26.0 Å². The molecular weight excluding hydrogens is 584 g/mol. The number of alkyl halides is 1. The summed E-state index contributed by atoms with van der Waals surface area (Å²) in [7, 11) is -3.31. The quantitative estimate of drug-likeness (QED) is 0.299. The first-order chi connectivity index (χ1) is 19.9. The Bertz CT molecular complexity index is 1230. The zero-order valence-corrected chi connectivity index (χ0v) is 24.6. The minimum atomic E-state index is -1.19. The number of hydrogen-bond donors (Lipinski definition) is 3. The normalized spacial score (nSPS) is 17.0. The van der Waals surface area contributed by atoms with Crippen LogP contribution < -0.4 is 15.7 Å². The van der Waals surface area contributed by atoms with Gasteiger partial charge >= 0.3 is 26.2 Å². The van der Waals surface area contributed by atoms with Crippen molar-refractivity contribution in [2.75, 3.05) is 20.4 Å². The molecular formula is C26H33B2Cl2FO10. The van der Waals surface area contributed by atoms with Crippen LogP contribution in [0.1, 0.15) is 65.2 Å². The molecule has 3 N–H and O–H groups in total. The van der Waals surface area contributed by atoms with Crippen LogP contribution in [0.25, 0.3) is 0 Å². The largest absolute Gasteiger partial charge is 0.508 e. The molecule has 2 heterocycles. The number of halogens is 3. The number of phenolic OH excluding ortho intramolecular Hbond substituents is 1. The first-order valence-corrected chi connectivity index (χ1v) is 13.5. The highest BCUT2D eigenvalue weighted by Crippen LogP contribution is 2.36. The fourth-order valence-corrected chi connectivity index (χ4v) is 4.98. The van der Waals surface area contributed by atoms with Crippen molar-refractivity contribution in [3.8, 4) is 11.5 Å². The predicted octanol–water partition coefficient (Wildman–Crippen LogP) is 3.18. The first-order valence-electron chi connectivity index (χ1n) is 13.4. The Balaban J connectivity index is 0.000000271. The summed E-state index contributed by atoms with van der Waals surface area (Å²) in [5, 5.41) is 29.8. The Morgan fingerprint density at radius 2 is 1.39 bits per heavy atom. The molecule has 2 atom stereocenters. The smallest absolute Gasteiger partial charge is 0.492 e. The van der Waals surface area contributed by atoms with Crippen molar-refractivity contribution in [2.24, 2.45) is 0 Å². The molecule has 4 rings (SSSR count). The summed E-state index contributed by atoms with van der Waals surface area (Å²) in [5.74, 6) is -0.306. The summed E-state index contributed by atoms with van der Waals surface area (Å²) in [4.78, 5) is 23.0. The Labute approximate surface area is 250 Å². The van der Waals surface area contributed by atoms with E-state index in [-0.39, 0.29) is 42.3 Å². The molecule has 0 saturated carbocycles. The van der Waals surface area contributed by atoms with Crippen molar-refractivity contribution < 1.29 is 54.0 Å². The maximum atomic E-state index is 11.6. The van der Waals surface area contributed by atoms with Crippen LogP contribution in [0.15, 0.2) is 24.3 Å². The number of carbonyl (C=O) groups is 2. The number of phenols is 1. The average molecular weight is 618 g/mol. The minimum Gasteiger partial charge on any atom is -0.508 e. The number of ether oxygens (including phenoxy) is 3. The van der Waals surface area contributed by atoms with Gasteiger partial charge in [0, 0.05) is 10.0 Å². The molecule has 0 saturated heterocycles. The molecule has 15 heteroatoms. The molecule has 2 aliphatic heterocycles. The number of hydrogen-bond acceptors (Lipinski definition) is 10. The van der Waals surface area contributed by atoms with Crippen molar-refractivity contribution in [1.82, 2.24) is 0 Å². The van der Waals surface area contributed by atoms with Gasteiger partial charge in [-0.15, -0.1) is 0 Å². The first kappa shape index (κ1) is 33.0. The van der Waals surface area contributed by atoms with Crippen LogP contribution in [0.2, 0.25) is 10.0 Å². The van der Waals surface area contributed by atoms with E-state index in [4.69, 9.17) is 48.1 Å². The van der Waals surface area contributed by atoms with E-state index in [2.05, 4.69) is 0 Å². The van der Waals surface area contributed by atoms with Gasteiger partial charge in [-0.25, -0.2) is 0 Å². The summed E-state index contributed by atoms with van der Waals surface area (Å²) in [6.07, 6.45) is -1.27.